The molecule has 0 aliphatic rings. The summed E-state index contributed by atoms with van der Waals surface area (Å²) in [6.45, 7) is 3.04. The lowest BCUT2D eigenvalue weighted by Gasteiger charge is -2.10. The van der Waals surface area contributed by atoms with Gasteiger partial charge in [-0.2, -0.15) is 21.6 Å². The predicted molar refractivity (Wildman–Crippen MR) is 60.7 cm³/mol. The summed E-state index contributed by atoms with van der Waals surface area (Å²) in [4.78, 5) is 14.7. The molecule has 0 spiro atoms. The molecule has 20 heavy (non-hydrogen) atoms. The molecule has 10 heteroatoms. The Morgan fingerprint density at radius 2 is 1.95 bits per heavy atom. The molecule has 0 unspecified atom stereocenters. The van der Waals surface area contributed by atoms with Crippen molar-refractivity contribution in [2.75, 3.05) is 7.11 Å². The molecule has 0 bridgehead atoms. The highest BCUT2D eigenvalue weighted by Gasteiger charge is 2.48. The van der Waals surface area contributed by atoms with Gasteiger partial charge in [-0.15, -0.1) is 0 Å². The normalized spacial score (nSPS) is 11.8. The van der Waals surface area contributed by atoms with Crippen LogP contribution in [0.5, 0.6) is 0 Å². The molecule has 6 nitrogen and oxygen atoms in total. The van der Waals surface area contributed by atoms with Crippen molar-refractivity contribution in [1.29, 1.82) is 0 Å². The fourth-order valence-electron chi connectivity index (χ4n) is 1.02. The highest BCUT2D eigenvalue weighted by molar-refractivity contribution is 7.87. The zero-order valence-electron chi connectivity index (χ0n) is 9.97. The van der Waals surface area contributed by atoms with Crippen LogP contribution in [0.25, 0.3) is 5.76 Å². The average molecular weight is 311 g/mol. The first-order valence-corrected chi connectivity index (χ1v) is 6.23. The van der Waals surface area contributed by atoms with Crippen molar-refractivity contribution >= 4 is 21.8 Å². The summed E-state index contributed by atoms with van der Waals surface area (Å²) in [6, 6.07) is 2.24. The van der Waals surface area contributed by atoms with Gasteiger partial charge in [-0.3, -0.25) is 4.98 Å². The Kier molecular flexibility index (Phi) is 4.38. The Hall–Kier alpha value is -2.10. The van der Waals surface area contributed by atoms with E-state index in [0.29, 0.717) is 0 Å². The van der Waals surface area contributed by atoms with Gasteiger partial charge in [0.25, 0.3) is 0 Å². The molecular formula is C10H8F3NO5S. The maximum absolute atomic E-state index is 12.1. The lowest BCUT2D eigenvalue weighted by molar-refractivity contribution is -0.0509. The Labute approximate surface area is 112 Å². The van der Waals surface area contributed by atoms with Gasteiger partial charge in [0.15, 0.2) is 5.76 Å². The van der Waals surface area contributed by atoms with Crippen molar-refractivity contribution in [1.82, 2.24) is 4.98 Å². The van der Waals surface area contributed by atoms with Crippen LogP contribution in [0.3, 0.4) is 0 Å². The summed E-state index contributed by atoms with van der Waals surface area (Å²) in [5, 5.41) is 0. The van der Waals surface area contributed by atoms with Gasteiger partial charge in [0.1, 0.15) is 5.69 Å². The van der Waals surface area contributed by atoms with Crippen molar-refractivity contribution in [2.45, 2.75) is 5.51 Å². The van der Waals surface area contributed by atoms with Crippen molar-refractivity contribution < 1.29 is 35.3 Å². The fraction of sp³-hybridized carbons (Fsp3) is 0.200. The minimum absolute atomic E-state index is 0.0303. The second kappa shape index (κ2) is 5.49. The van der Waals surface area contributed by atoms with Crippen LogP contribution in [0.1, 0.15) is 16.1 Å². The summed E-state index contributed by atoms with van der Waals surface area (Å²) < 4.78 is 65.9. The van der Waals surface area contributed by atoms with E-state index in [1.807, 2.05) is 0 Å². The number of aromatic nitrogens is 1. The third-order valence-corrected chi connectivity index (χ3v) is 2.95. The molecule has 0 saturated carbocycles. The van der Waals surface area contributed by atoms with Crippen molar-refractivity contribution in [3.63, 3.8) is 0 Å². The van der Waals surface area contributed by atoms with E-state index in [-0.39, 0.29) is 11.3 Å². The van der Waals surface area contributed by atoms with Gasteiger partial charge in [0, 0.05) is 6.20 Å². The zero-order valence-corrected chi connectivity index (χ0v) is 10.8. The van der Waals surface area contributed by atoms with Crippen LogP contribution in [0.2, 0.25) is 0 Å². The van der Waals surface area contributed by atoms with E-state index in [0.717, 1.165) is 19.4 Å². The number of halogens is 3. The van der Waals surface area contributed by atoms with E-state index in [1.54, 1.807) is 0 Å². The van der Waals surface area contributed by atoms with Gasteiger partial charge in [-0.05, 0) is 12.1 Å². The van der Waals surface area contributed by atoms with Crippen LogP contribution in [-0.4, -0.2) is 32.0 Å². The average Bonchev–Trinajstić information content (AvgIpc) is 2.36. The summed E-state index contributed by atoms with van der Waals surface area (Å²) >= 11 is 0. The SMILES string of the molecule is C=C(OS(=O)(=O)C(F)(F)F)c1ccc(C(=O)OC)cn1. The number of methoxy groups -OCH3 is 1. The summed E-state index contributed by atoms with van der Waals surface area (Å²) in [5.41, 5.74) is -5.81. The lowest BCUT2D eigenvalue weighted by Crippen LogP contribution is -2.25. The Morgan fingerprint density at radius 1 is 1.35 bits per heavy atom. The topological polar surface area (TPSA) is 82.6 Å². The van der Waals surface area contributed by atoms with E-state index in [4.69, 9.17) is 0 Å². The Bertz CT molecular complexity index is 621. The van der Waals surface area contributed by atoms with Crippen LogP contribution >= 0.6 is 0 Å². The van der Waals surface area contributed by atoms with Crippen molar-refractivity contribution in [2.24, 2.45) is 0 Å². The number of nitrogens with zero attached hydrogens (tertiary/aromatic N) is 1. The van der Waals surface area contributed by atoms with Gasteiger partial charge in [0.2, 0.25) is 0 Å². The number of alkyl halides is 3. The quantitative estimate of drug-likeness (QED) is 0.364. The van der Waals surface area contributed by atoms with Crippen LogP contribution in [-0.2, 0) is 19.0 Å². The first-order valence-electron chi connectivity index (χ1n) is 4.83. The molecule has 0 saturated heterocycles. The maximum Gasteiger partial charge on any atom is 0.534 e. The van der Waals surface area contributed by atoms with Gasteiger partial charge in [-0.1, -0.05) is 6.58 Å². The summed E-state index contributed by atoms with van der Waals surface area (Å²) in [7, 11) is -4.67. The molecule has 0 N–H and O–H groups in total. The molecule has 0 radical (unpaired) electrons. The molecule has 1 rings (SSSR count). The lowest BCUT2D eigenvalue weighted by atomic mass is 10.2. The largest absolute Gasteiger partial charge is 0.534 e. The Morgan fingerprint density at radius 3 is 2.35 bits per heavy atom. The van der Waals surface area contributed by atoms with Gasteiger partial charge < -0.3 is 8.92 Å². The number of esters is 1. The summed E-state index contributed by atoms with van der Waals surface area (Å²) in [5.74, 6) is -1.53. The monoisotopic (exact) mass is 311 g/mol. The fourth-order valence-corrected chi connectivity index (χ4v) is 1.46. The van der Waals surface area contributed by atoms with E-state index >= 15 is 0 Å². The summed E-state index contributed by atoms with van der Waals surface area (Å²) in [6.07, 6.45) is 0.982. The molecule has 0 amide bonds. The molecule has 1 heterocycles. The van der Waals surface area contributed by atoms with Gasteiger partial charge in [0.05, 0.1) is 12.7 Å². The molecule has 0 atom stereocenters. The van der Waals surface area contributed by atoms with Crippen LogP contribution in [0, 0.1) is 0 Å². The van der Waals surface area contributed by atoms with Crippen LogP contribution in [0.15, 0.2) is 24.9 Å². The number of hydrogen-bond donors (Lipinski definition) is 0. The smallest absolute Gasteiger partial charge is 0.465 e. The second-order valence-corrected chi connectivity index (χ2v) is 4.87. The first-order chi connectivity index (χ1) is 9.08. The number of carbonyl (C=O) groups excluding carboxylic acids is 1. The Balaban J connectivity index is 2.92. The third kappa shape index (κ3) is 3.47. The van der Waals surface area contributed by atoms with E-state index in [9.17, 15) is 26.4 Å². The highest BCUT2D eigenvalue weighted by Crippen LogP contribution is 2.28. The minimum Gasteiger partial charge on any atom is -0.465 e. The van der Waals surface area contributed by atoms with E-state index < -0.39 is 27.4 Å². The molecule has 0 aromatic carbocycles. The molecule has 0 fully saturated rings. The van der Waals surface area contributed by atoms with Crippen molar-refractivity contribution in [3.05, 3.63) is 36.2 Å². The molecule has 1 aromatic heterocycles. The van der Waals surface area contributed by atoms with Gasteiger partial charge in [-0.25, -0.2) is 4.79 Å². The number of hydrogen-bond acceptors (Lipinski definition) is 6. The second-order valence-electron chi connectivity index (χ2n) is 3.33. The number of ether oxygens (including phenoxy) is 1. The number of rotatable bonds is 4. The maximum atomic E-state index is 12.1. The zero-order chi connectivity index (χ0) is 15.6. The third-order valence-electron chi connectivity index (χ3n) is 1.96. The van der Waals surface area contributed by atoms with E-state index in [1.165, 1.54) is 6.07 Å². The number of carbonyl (C=O) groups is 1. The number of pyridine rings is 1. The van der Waals surface area contributed by atoms with E-state index in [2.05, 4.69) is 20.5 Å². The van der Waals surface area contributed by atoms with Crippen LogP contribution < -0.4 is 0 Å². The molecular weight excluding hydrogens is 303 g/mol. The molecule has 0 aliphatic carbocycles. The highest BCUT2D eigenvalue weighted by atomic mass is 32.2. The predicted octanol–water partition coefficient (Wildman–Crippen LogP) is 1.71. The standard InChI is InChI=1S/C10H8F3NO5S/c1-6(19-20(16,17)10(11,12)13)8-4-3-7(5-14-8)9(15)18-2/h3-5H,1H2,2H3. The minimum atomic E-state index is -5.81. The van der Waals surface area contributed by atoms with Crippen molar-refractivity contribution in [3.8, 4) is 0 Å². The molecule has 110 valence electrons. The van der Waals surface area contributed by atoms with Gasteiger partial charge >= 0.3 is 21.6 Å². The molecule has 1 aromatic rings. The molecule has 0 aliphatic heterocycles. The van der Waals surface area contributed by atoms with Crippen LogP contribution in [0.4, 0.5) is 13.2 Å². The first kappa shape index (κ1) is 16.0.